The fraction of sp³-hybridized carbons (Fsp3) is 0. The van der Waals surface area contributed by atoms with Crippen molar-refractivity contribution in [2.24, 2.45) is 0 Å². The van der Waals surface area contributed by atoms with Crippen LogP contribution in [0.3, 0.4) is 0 Å². The van der Waals surface area contributed by atoms with Crippen LogP contribution in [0, 0.1) is 0 Å². The lowest BCUT2D eigenvalue weighted by molar-refractivity contribution is 0.0696. The van der Waals surface area contributed by atoms with E-state index in [2.05, 4.69) is 15.2 Å². The maximum atomic E-state index is 10.6. The largest absolute Gasteiger partial charge is 0.478 e. The molecule has 0 aliphatic heterocycles. The molecule has 6 nitrogen and oxygen atoms in total. The number of rotatable bonds is 3. The Morgan fingerprint density at radius 3 is 3.00 bits per heavy atom. The van der Waals surface area contributed by atoms with E-state index in [1.165, 1.54) is 35.3 Å². The zero-order valence-electron chi connectivity index (χ0n) is 7.32. The number of nitrogens with zero attached hydrogens (tertiary/aromatic N) is 3. The van der Waals surface area contributed by atoms with Gasteiger partial charge in [0.05, 0.1) is 11.8 Å². The maximum Gasteiger partial charge on any atom is 0.337 e. The lowest BCUT2D eigenvalue weighted by Gasteiger charge is -2.00. The molecule has 2 aromatic heterocycles. The molecule has 0 atom stereocenters. The first kappa shape index (κ1) is 9.53. The third kappa shape index (κ3) is 2.26. The van der Waals surface area contributed by atoms with Gasteiger partial charge in [-0.3, -0.25) is 4.98 Å². The van der Waals surface area contributed by atoms with Crippen LogP contribution in [0.4, 0.5) is 0 Å². The molecule has 0 bridgehead atoms. The van der Waals surface area contributed by atoms with Crippen molar-refractivity contribution >= 4 is 17.3 Å². The molecule has 0 aliphatic rings. The molecule has 0 unspecified atom stereocenters. The monoisotopic (exact) mass is 223 g/mol. The molecule has 2 rings (SSSR count). The summed E-state index contributed by atoms with van der Waals surface area (Å²) in [5.74, 6) is -0.725. The van der Waals surface area contributed by atoms with Gasteiger partial charge in [-0.2, -0.15) is 0 Å². The van der Waals surface area contributed by atoms with Crippen LogP contribution in [0.25, 0.3) is 0 Å². The van der Waals surface area contributed by atoms with Crippen LogP contribution in [-0.2, 0) is 0 Å². The van der Waals surface area contributed by atoms with Crippen molar-refractivity contribution in [3.8, 4) is 10.9 Å². The minimum Gasteiger partial charge on any atom is -0.478 e. The molecule has 0 radical (unpaired) electrons. The molecule has 0 aromatic carbocycles. The number of carbonyl (C=O) groups is 1. The molecular weight excluding hydrogens is 218 g/mol. The van der Waals surface area contributed by atoms with E-state index in [0.29, 0.717) is 10.9 Å². The highest BCUT2D eigenvalue weighted by Crippen LogP contribution is 2.21. The molecule has 0 amide bonds. The molecule has 2 aromatic rings. The summed E-state index contributed by atoms with van der Waals surface area (Å²) in [7, 11) is 0. The van der Waals surface area contributed by atoms with Crippen molar-refractivity contribution in [1.29, 1.82) is 0 Å². The summed E-state index contributed by atoms with van der Waals surface area (Å²) in [6.07, 6.45) is 2.66. The minimum atomic E-state index is -1.05. The second kappa shape index (κ2) is 4.01. The average molecular weight is 223 g/mol. The lowest BCUT2D eigenvalue weighted by Crippen LogP contribution is -1.97. The highest BCUT2D eigenvalue weighted by Gasteiger charge is 2.06. The number of pyridine rings is 1. The number of ether oxygens (including phenoxy) is 1. The van der Waals surface area contributed by atoms with Gasteiger partial charge < -0.3 is 9.84 Å². The number of aromatic carboxylic acids is 1. The molecule has 76 valence electrons. The first-order chi connectivity index (χ1) is 7.25. The van der Waals surface area contributed by atoms with E-state index in [1.54, 1.807) is 0 Å². The second-order valence-electron chi connectivity index (χ2n) is 2.52. The zero-order valence-corrected chi connectivity index (χ0v) is 8.14. The third-order valence-corrected chi connectivity index (χ3v) is 2.07. The van der Waals surface area contributed by atoms with Crippen molar-refractivity contribution in [3.05, 3.63) is 29.5 Å². The summed E-state index contributed by atoms with van der Waals surface area (Å²) >= 11 is 1.21. The maximum absolute atomic E-state index is 10.6. The predicted octanol–water partition coefficient (Wildman–Crippen LogP) is 1.42. The second-order valence-corrected chi connectivity index (χ2v) is 3.32. The topological polar surface area (TPSA) is 85.2 Å². The highest BCUT2D eigenvalue weighted by molar-refractivity contribution is 7.11. The third-order valence-electron chi connectivity index (χ3n) is 1.51. The summed E-state index contributed by atoms with van der Waals surface area (Å²) in [4.78, 5) is 14.4. The van der Waals surface area contributed by atoms with E-state index in [-0.39, 0.29) is 5.56 Å². The van der Waals surface area contributed by atoms with Gasteiger partial charge in [0.1, 0.15) is 11.3 Å². The molecule has 15 heavy (non-hydrogen) atoms. The number of hydrogen-bond acceptors (Lipinski definition) is 6. The van der Waals surface area contributed by atoms with Gasteiger partial charge in [0.15, 0.2) is 0 Å². The number of aromatic nitrogens is 3. The lowest BCUT2D eigenvalue weighted by atomic mass is 10.3. The summed E-state index contributed by atoms with van der Waals surface area (Å²) in [6, 6.07) is 1.37. The van der Waals surface area contributed by atoms with Crippen molar-refractivity contribution in [2.75, 3.05) is 0 Å². The van der Waals surface area contributed by atoms with Crippen LogP contribution in [0.15, 0.2) is 24.0 Å². The van der Waals surface area contributed by atoms with Crippen LogP contribution in [-0.4, -0.2) is 26.3 Å². The van der Waals surface area contributed by atoms with E-state index in [1.807, 2.05) is 0 Å². The molecule has 0 aliphatic carbocycles. The molecule has 1 N–H and O–H groups in total. The van der Waals surface area contributed by atoms with Gasteiger partial charge in [-0.1, -0.05) is 16.4 Å². The van der Waals surface area contributed by atoms with E-state index >= 15 is 0 Å². The van der Waals surface area contributed by atoms with Gasteiger partial charge >= 0.3 is 5.97 Å². The standard InChI is InChI=1S/C8H5N3O3S/c12-7(13)5-1-6(3-9-2-5)14-8-11-10-4-15-8/h1-4H,(H,12,13). The number of hydrogen-bond donors (Lipinski definition) is 1. The zero-order chi connectivity index (χ0) is 10.7. The smallest absolute Gasteiger partial charge is 0.337 e. The van der Waals surface area contributed by atoms with Gasteiger partial charge in [0.25, 0.3) is 5.19 Å². The summed E-state index contributed by atoms with van der Waals surface area (Å²) in [6.45, 7) is 0. The normalized spacial score (nSPS) is 9.87. The number of carboxylic acids is 1. The number of carboxylic acid groups (broad SMARTS) is 1. The molecule has 0 fully saturated rings. The van der Waals surface area contributed by atoms with Crippen LogP contribution in [0.1, 0.15) is 10.4 Å². The van der Waals surface area contributed by atoms with E-state index in [9.17, 15) is 4.79 Å². The average Bonchev–Trinajstić information content (AvgIpc) is 2.71. The molecule has 0 spiro atoms. The van der Waals surface area contributed by atoms with Gasteiger partial charge in [0, 0.05) is 6.20 Å². The molecular formula is C8H5N3O3S. The summed E-state index contributed by atoms with van der Waals surface area (Å²) in [5.41, 5.74) is 1.58. The van der Waals surface area contributed by atoms with Crippen LogP contribution in [0.5, 0.6) is 10.9 Å². The van der Waals surface area contributed by atoms with Gasteiger partial charge in [0.2, 0.25) is 0 Å². The quantitative estimate of drug-likeness (QED) is 0.847. The summed E-state index contributed by atoms with van der Waals surface area (Å²) < 4.78 is 5.23. The van der Waals surface area contributed by atoms with Crippen molar-refractivity contribution in [2.45, 2.75) is 0 Å². The Kier molecular flexibility index (Phi) is 2.55. The SMILES string of the molecule is O=C(O)c1cncc(Oc2nncs2)c1. The fourth-order valence-corrected chi connectivity index (χ4v) is 1.32. The Morgan fingerprint density at radius 2 is 2.33 bits per heavy atom. The Balaban J connectivity index is 2.22. The van der Waals surface area contributed by atoms with E-state index < -0.39 is 5.97 Å². The van der Waals surface area contributed by atoms with E-state index in [0.717, 1.165) is 0 Å². The first-order valence-electron chi connectivity index (χ1n) is 3.88. The molecule has 2 heterocycles. The van der Waals surface area contributed by atoms with Crippen LogP contribution in [0.2, 0.25) is 0 Å². The van der Waals surface area contributed by atoms with Crippen molar-refractivity contribution < 1.29 is 14.6 Å². The predicted molar refractivity (Wildman–Crippen MR) is 51.2 cm³/mol. The van der Waals surface area contributed by atoms with Gasteiger partial charge in [-0.15, -0.1) is 5.10 Å². The molecule has 0 saturated heterocycles. The van der Waals surface area contributed by atoms with Crippen molar-refractivity contribution in [3.63, 3.8) is 0 Å². The minimum absolute atomic E-state index is 0.0667. The Labute approximate surface area is 88.2 Å². The van der Waals surface area contributed by atoms with E-state index in [4.69, 9.17) is 9.84 Å². The van der Waals surface area contributed by atoms with Crippen molar-refractivity contribution in [1.82, 2.24) is 15.2 Å². The summed E-state index contributed by atoms with van der Waals surface area (Å²) in [5, 5.41) is 16.3. The Hall–Kier alpha value is -2.02. The molecule has 0 saturated carbocycles. The van der Waals surface area contributed by atoms with Gasteiger partial charge in [-0.25, -0.2) is 4.79 Å². The van der Waals surface area contributed by atoms with Crippen LogP contribution >= 0.6 is 11.3 Å². The fourth-order valence-electron chi connectivity index (χ4n) is 0.900. The Bertz CT molecular complexity index is 472. The highest BCUT2D eigenvalue weighted by atomic mass is 32.1. The van der Waals surface area contributed by atoms with Crippen LogP contribution < -0.4 is 4.74 Å². The van der Waals surface area contributed by atoms with Gasteiger partial charge in [-0.05, 0) is 6.07 Å². The first-order valence-corrected chi connectivity index (χ1v) is 4.76. The Morgan fingerprint density at radius 1 is 1.47 bits per heavy atom. The molecule has 7 heteroatoms.